The Morgan fingerprint density at radius 1 is 0.943 bits per heavy atom. The molecule has 0 aliphatic rings. The molecule has 0 aliphatic heterocycles. The number of ether oxygens (including phenoxy) is 1. The number of aliphatic carboxylic acids is 2. The highest BCUT2D eigenvalue weighted by Gasteiger charge is 2.26. The van der Waals surface area contributed by atoms with E-state index in [0.29, 0.717) is 23.3 Å². The number of allylic oxidation sites excluding steroid dienone is 1. The van der Waals surface area contributed by atoms with Crippen molar-refractivity contribution in [2.45, 2.75) is 39.0 Å². The normalized spacial score (nSPS) is 12.1. The number of ketones is 2. The standard InChI is InChI=1S/C27H28O8/c1-18(24(29)15-22(27(33)34)16-25(30)31)17-35-23-12-10-21(11-13-23)26(32)20-8-6-19(7-9-20)5-3-2-4-14-28/h4,6-13,18,22H,2-3,5,15-17H2,1H3,(H,30,31)(H,33,34). The summed E-state index contributed by atoms with van der Waals surface area (Å²) in [4.78, 5) is 57.1. The van der Waals surface area contributed by atoms with Gasteiger partial charge in [0, 0.05) is 23.5 Å². The van der Waals surface area contributed by atoms with Gasteiger partial charge in [0.1, 0.15) is 17.5 Å². The monoisotopic (exact) mass is 480 g/mol. The predicted molar refractivity (Wildman–Crippen MR) is 127 cm³/mol. The maximum atomic E-state index is 12.7. The molecule has 35 heavy (non-hydrogen) atoms. The second kappa shape index (κ2) is 13.6. The van der Waals surface area contributed by atoms with Gasteiger partial charge in [-0.25, -0.2) is 4.79 Å². The highest BCUT2D eigenvalue weighted by Crippen LogP contribution is 2.19. The summed E-state index contributed by atoms with van der Waals surface area (Å²) in [6, 6.07) is 13.8. The fourth-order valence-electron chi connectivity index (χ4n) is 3.37. The molecule has 0 amide bonds. The maximum Gasteiger partial charge on any atom is 0.307 e. The van der Waals surface area contributed by atoms with Gasteiger partial charge in [-0.2, -0.15) is 0 Å². The summed E-state index contributed by atoms with van der Waals surface area (Å²) in [5.74, 6) is -2.84. The number of aryl methyl sites for hydroxylation is 1. The van der Waals surface area contributed by atoms with Crippen molar-refractivity contribution in [1.29, 1.82) is 0 Å². The van der Waals surface area contributed by atoms with E-state index < -0.39 is 36.0 Å². The lowest BCUT2D eigenvalue weighted by Crippen LogP contribution is -2.26. The number of carbonyl (C=O) groups is 4. The molecule has 8 heteroatoms. The fourth-order valence-corrected chi connectivity index (χ4v) is 3.37. The van der Waals surface area contributed by atoms with Crippen molar-refractivity contribution in [3.63, 3.8) is 0 Å². The second-order valence-corrected chi connectivity index (χ2v) is 8.28. The van der Waals surface area contributed by atoms with E-state index in [1.807, 2.05) is 12.1 Å². The molecule has 2 N–H and O–H groups in total. The lowest BCUT2D eigenvalue weighted by Gasteiger charge is -2.15. The quantitative estimate of drug-likeness (QED) is 0.223. The molecule has 0 saturated heterocycles. The zero-order chi connectivity index (χ0) is 25.8. The summed E-state index contributed by atoms with van der Waals surface area (Å²) < 4.78 is 5.60. The van der Waals surface area contributed by atoms with Crippen molar-refractivity contribution in [3.05, 3.63) is 71.3 Å². The Morgan fingerprint density at radius 3 is 2.09 bits per heavy atom. The van der Waals surface area contributed by atoms with Crippen molar-refractivity contribution < 1.29 is 38.9 Å². The minimum absolute atomic E-state index is 0.00433. The average molecular weight is 481 g/mol. The number of benzene rings is 2. The molecule has 0 fully saturated rings. The molecular formula is C27H28O8. The number of carboxylic acid groups (broad SMARTS) is 2. The van der Waals surface area contributed by atoms with Crippen LogP contribution < -0.4 is 4.74 Å². The molecule has 2 rings (SSSR count). The van der Waals surface area contributed by atoms with Crippen LogP contribution in [0.1, 0.15) is 54.1 Å². The highest BCUT2D eigenvalue weighted by atomic mass is 16.5. The van der Waals surface area contributed by atoms with Gasteiger partial charge in [-0.1, -0.05) is 31.2 Å². The number of carbonyl (C=O) groups excluding carboxylic acids is 3. The van der Waals surface area contributed by atoms with Gasteiger partial charge in [-0.05, 0) is 55.2 Å². The van der Waals surface area contributed by atoms with Gasteiger partial charge >= 0.3 is 11.9 Å². The first-order valence-electron chi connectivity index (χ1n) is 11.2. The summed E-state index contributed by atoms with van der Waals surface area (Å²) in [7, 11) is 0. The summed E-state index contributed by atoms with van der Waals surface area (Å²) >= 11 is 0. The Labute approximate surface area is 203 Å². The molecule has 2 atom stereocenters. The lowest BCUT2D eigenvalue weighted by molar-refractivity contribution is -0.149. The molecule has 0 aliphatic carbocycles. The average Bonchev–Trinajstić information content (AvgIpc) is 2.84. The Kier molecular flexibility index (Phi) is 10.6. The van der Waals surface area contributed by atoms with E-state index in [1.165, 1.54) is 6.08 Å². The van der Waals surface area contributed by atoms with Crippen LogP contribution in [-0.4, -0.2) is 46.3 Å². The van der Waals surface area contributed by atoms with Crippen molar-refractivity contribution in [1.82, 2.24) is 0 Å². The van der Waals surface area contributed by atoms with E-state index in [0.717, 1.165) is 18.4 Å². The Bertz CT molecular complexity index is 1080. The molecule has 2 aromatic rings. The lowest BCUT2D eigenvalue weighted by atomic mass is 9.93. The summed E-state index contributed by atoms with van der Waals surface area (Å²) in [6.07, 6.45) is 2.76. The fraction of sp³-hybridized carbons (Fsp3) is 0.333. The van der Waals surface area contributed by atoms with E-state index >= 15 is 0 Å². The van der Waals surface area contributed by atoms with Crippen molar-refractivity contribution in [2.75, 3.05) is 6.61 Å². The number of unbranched alkanes of at least 4 members (excludes halogenated alkanes) is 1. The number of rotatable bonds is 15. The van der Waals surface area contributed by atoms with Crippen LogP contribution in [0.3, 0.4) is 0 Å². The Hall–Kier alpha value is -4.03. The molecule has 0 saturated carbocycles. The summed E-state index contributed by atoms with van der Waals surface area (Å²) in [5.41, 5.74) is 2.10. The molecule has 8 nitrogen and oxygen atoms in total. The SMILES string of the molecule is CC(COc1ccc(C(=O)c2ccc(CCCC=C=O)cc2)cc1)C(=O)CC(CC(=O)O)C(=O)O. The van der Waals surface area contributed by atoms with E-state index in [2.05, 4.69) is 0 Å². The first-order valence-corrected chi connectivity index (χ1v) is 11.2. The molecule has 0 heterocycles. The first kappa shape index (κ1) is 27.2. The molecule has 0 spiro atoms. The Morgan fingerprint density at radius 2 is 1.54 bits per heavy atom. The molecular weight excluding hydrogens is 452 g/mol. The maximum absolute atomic E-state index is 12.7. The largest absolute Gasteiger partial charge is 0.493 e. The van der Waals surface area contributed by atoms with Gasteiger partial charge in [0.25, 0.3) is 0 Å². The van der Waals surface area contributed by atoms with Gasteiger partial charge in [-0.3, -0.25) is 19.2 Å². The van der Waals surface area contributed by atoms with E-state index in [1.54, 1.807) is 49.3 Å². The molecule has 184 valence electrons. The number of hydrogen-bond acceptors (Lipinski definition) is 6. The minimum Gasteiger partial charge on any atom is -0.493 e. The first-order chi connectivity index (χ1) is 16.7. The third kappa shape index (κ3) is 9.02. The predicted octanol–water partition coefficient (Wildman–Crippen LogP) is 3.78. The van der Waals surface area contributed by atoms with E-state index in [-0.39, 0.29) is 18.8 Å². The van der Waals surface area contributed by atoms with E-state index in [4.69, 9.17) is 14.9 Å². The van der Waals surface area contributed by atoms with Crippen LogP contribution in [0, 0.1) is 11.8 Å². The third-order valence-corrected chi connectivity index (χ3v) is 5.50. The van der Waals surface area contributed by atoms with Gasteiger partial charge < -0.3 is 14.9 Å². The van der Waals surface area contributed by atoms with Crippen molar-refractivity contribution in [2.24, 2.45) is 11.8 Å². The van der Waals surface area contributed by atoms with Crippen LogP contribution in [0.2, 0.25) is 0 Å². The highest BCUT2D eigenvalue weighted by molar-refractivity contribution is 6.09. The second-order valence-electron chi connectivity index (χ2n) is 8.28. The third-order valence-electron chi connectivity index (χ3n) is 5.50. The van der Waals surface area contributed by atoms with Gasteiger partial charge in [0.05, 0.1) is 18.9 Å². The van der Waals surface area contributed by atoms with Gasteiger partial charge in [0.15, 0.2) is 5.78 Å². The number of Topliss-reactive ketones (excluding diaryl/α,β-unsaturated/α-hetero) is 1. The van der Waals surface area contributed by atoms with Crippen LogP contribution in [0.15, 0.2) is 54.6 Å². The van der Waals surface area contributed by atoms with Crippen LogP contribution in [0.5, 0.6) is 5.75 Å². The van der Waals surface area contributed by atoms with Crippen LogP contribution >= 0.6 is 0 Å². The van der Waals surface area contributed by atoms with Crippen LogP contribution in [0.25, 0.3) is 0 Å². The van der Waals surface area contributed by atoms with Crippen LogP contribution in [0.4, 0.5) is 0 Å². The molecule has 2 aromatic carbocycles. The summed E-state index contributed by atoms with van der Waals surface area (Å²) in [5, 5.41) is 17.9. The molecule has 0 bridgehead atoms. The molecule has 0 radical (unpaired) electrons. The zero-order valence-electron chi connectivity index (χ0n) is 19.4. The summed E-state index contributed by atoms with van der Waals surface area (Å²) in [6.45, 7) is 1.58. The zero-order valence-corrected chi connectivity index (χ0v) is 19.4. The molecule has 2 unspecified atom stereocenters. The van der Waals surface area contributed by atoms with Crippen molar-refractivity contribution in [3.8, 4) is 5.75 Å². The van der Waals surface area contributed by atoms with Crippen LogP contribution in [-0.2, 0) is 25.6 Å². The van der Waals surface area contributed by atoms with Gasteiger partial charge in [0.2, 0.25) is 0 Å². The Balaban J connectivity index is 1.89. The minimum atomic E-state index is -1.32. The van der Waals surface area contributed by atoms with Crippen molar-refractivity contribution >= 4 is 29.4 Å². The number of hydrogen-bond donors (Lipinski definition) is 2. The smallest absolute Gasteiger partial charge is 0.307 e. The van der Waals surface area contributed by atoms with E-state index in [9.17, 15) is 24.0 Å². The topological polar surface area (TPSA) is 135 Å². The van der Waals surface area contributed by atoms with Gasteiger partial charge in [-0.15, -0.1) is 0 Å². The number of carboxylic acids is 2. The molecule has 0 aromatic heterocycles.